The van der Waals surface area contributed by atoms with Crippen molar-refractivity contribution in [2.24, 2.45) is 0 Å². The van der Waals surface area contributed by atoms with E-state index in [9.17, 15) is 0 Å². The second kappa shape index (κ2) is 6.83. The Balaban J connectivity index is 0.000000753. The summed E-state index contributed by atoms with van der Waals surface area (Å²) in [7, 11) is 0. The Morgan fingerprint density at radius 3 is 2.61 bits per heavy atom. The van der Waals surface area contributed by atoms with Crippen LogP contribution in [0.15, 0.2) is 55.5 Å². The molecule has 0 amide bonds. The molecule has 0 saturated heterocycles. The molecule has 0 atom stereocenters. The second-order valence-electron chi connectivity index (χ2n) is 4.73. The van der Waals surface area contributed by atoms with Gasteiger partial charge in [-0.05, 0) is 17.7 Å². The Bertz CT molecular complexity index is 865. The third-order valence-electron chi connectivity index (χ3n) is 3.42. The number of imidazole rings is 1. The van der Waals surface area contributed by atoms with Crippen molar-refractivity contribution in [3.63, 3.8) is 0 Å². The second-order valence-corrected chi connectivity index (χ2v) is 4.73. The molecule has 0 bridgehead atoms. The van der Waals surface area contributed by atoms with Crippen molar-refractivity contribution in [1.29, 1.82) is 0 Å². The fourth-order valence-corrected chi connectivity index (χ4v) is 2.40. The van der Waals surface area contributed by atoms with Gasteiger partial charge in [0.15, 0.2) is 5.65 Å². The summed E-state index contributed by atoms with van der Waals surface area (Å²) in [6, 6.07) is 3.98. The minimum absolute atomic E-state index is 0.731. The van der Waals surface area contributed by atoms with Crippen molar-refractivity contribution in [1.82, 2.24) is 29.5 Å². The monoisotopic (exact) mass is 306 g/mol. The minimum Gasteiger partial charge on any atom is -0.296 e. The van der Waals surface area contributed by atoms with Gasteiger partial charge in [0.1, 0.15) is 0 Å². The van der Waals surface area contributed by atoms with Gasteiger partial charge in [0, 0.05) is 43.0 Å². The van der Waals surface area contributed by atoms with Gasteiger partial charge < -0.3 is 0 Å². The lowest BCUT2D eigenvalue weighted by molar-refractivity contribution is 1.02. The van der Waals surface area contributed by atoms with Gasteiger partial charge >= 0.3 is 0 Å². The predicted octanol–water partition coefficient (Wildman–Crippen LogP) is 3.13. The van der Waals surface area contributed by atoms with Gasteiger partial charge in [0.05, 0.1) is 23.8 Å². The number of rotatable bonds is 3. The average Bonchev–Trinajstić information content (AvgIpc) is 3.27. The lowest BCUT2D eigenvalue weighted by Crippen LogP contribution is -1.98. The quantitative estimate of drug-likeness (QED) is 0.631. The Morgan fingerprint density at radius 2 is 1.87 bits per heavy atom. The van der Waals surface area contributed by atoms with E-state index in [0.29, 0.717) is 0 Å². The van der Waals surface area contributed by atoms with Crippen LogP contribution >= 0.6 is 0 Å². The van der Waals surface area contributed by atoms with Crippen LogP contribution in [0.3, 0.4) is 0 Å². The van der Waals surface area contributed by atoms with Gasteiger partial charge in [-0.3, -0.25) is 19.5 Å². The molecule has 0 spiro atoms. The van der Waals surface area contributed by atoms with Crippen molar-refractivity contribution in [3.05, 3.63) is 66.8 Å². The molecule has 4 aromatic rings. The molecule has 4 heterocycles. The van der Waals surface area contributed by atoms with E-state index in [1.165, 1.54) is 5.56 Å². The molecule has 116 valence electrons. The molecule has 1 N–H and O–H groups in total. The topological polar surface area (TPSA) is 71.8 Å². The van der Waals surface area contributed by atoms with Gasteiger partial charge in [-0.15, -0.1) is 0 Å². The van der Waals surface area contributed by atoms with Crippen LogP contribution in [0.5, 0.6) is 0 Å². The maximum atomic E-state index is 4.51. The molecule has 0 unspecified atom stereocenters. The number of H-pyrrole nitrogens is 1. The van der Waals surface area contributed by atoms with Crippen LogP contribution in [-0.4, -0.2) is 29.5 Å². The molecule has 0 fully saturated rings. The fraction of sp³-hybridized carbons (Fsp3) is 0.176. The maximum Gasteiger partial charge on any atom is 0.159 e. The molecule has 0 aliphatic rings. The summed E-state index contributed by atoms with van der Waals surface area (Å²) in [6.45, 7) is 4.00. The first-order chi connectivity index (χ1) is 11.4. The van der Waals surface area contributed by atoms with Crippen LogP contribution in [0.2, 0.25) is 0 Å². The van der Waals surface area contributed by atoms with Crippen LogP contribution in [0.1, 0.15) is 25.1 Å². The zero-order valence-electron chi connectivity index (χ0n) is 13.1. The molecule has 4 rings (SSSR count). The van der Waals surface area contributed by atoms with Crippen LogP contribution < -0.4 is 0 Å². The van der Waals surface area contributed by atoms with E-state index in [0.717, 1.165) is 29.0 Å². The molecule has 0 aliphatic carbocycles. The Hall–Kier alpha value is -3.02. The normalized spacial score (nSPS) is 10.3. The molecule has 0 aromatic carbocycles. The third-order valence-corrected chi connectivity index (χ3v) is 3.42. The summed E-state index contributed by atoms with van der Waals surface area (Å²) >= 11 is 0. The highest BCUT2D eigenvalue weighted by Gasteiger charge is 2.11. The molecule has 6 heteroatoms. The zero-order chi connectivity index (χ0) is 16.1. The fourth-order valence-electron chi connectivity index (χ4n) is 2.40. The van der Waals surface area contributed by atoms with Gasteiger partial charge in [-0.1, -0.05) is 13.8 Å². The summed E-state index contributed by atoms with van der Waals surface area (Å²) in [5.74, 6) is 0. The number of fused-ring (bicyclic) bond motifs is 1. The molecule has 23 heavy (non-hydrogen) atoms. The standard InChI is InChI=1S/C15H12N6.C2H6/c1-3-16-4-2-11(1)7-13-15-18-10-14(12-8-19-20-9-12)21(15)6-5-17-13;1-2/h1-6,8-10H,7H2,(H,19,20);1-2H3. The van der Waals surface area contributed by atoms with E-state index in [4.69, 9.17) is 0 Å². The van der Waals surface area contributed by atoms with E-state index in [1.54, 1.807) is 24.8 Å². The largest absolute Gasteiger partial charge is 0.296 e. The SMILES string of the molecule is CC.c1cc(Cc2nccn3c(-c4cn[nH]c4)cnc23)ccn1. The van der Waals surface area contributed by atoms with Crippen molar-refractivity contribution >= 4 is 5.65 Å². The molecule has 0 aliphatic heterocycles. The number of aromatic nitrogens is 6. The maximum absolute atomic E-state index is 4.51. The van der Waals surface area contributed by atoms with E-state index in [2.05, 4.69) is 25.1 Å². The summed E-state index contributed by atoms with van der Waals surface area (Å²) in [5, 5.41) is 6.81. The van der Waals surface area contributed by atoms with Crippen molar-refractivity contribution in [2.75, 3.05) is 0 Å². The van der Waals surface area contributed by atoms with E-state index in [1.807, 2.05) is 49.0 Å². The van der Waals surface area contributed by atoms with Crippen LogP contribution in [0.25, 0.3) is 16.9 Å². The zero-order valence-corrected chi connectivity index (χ0v) is 13.1. The summed E-state index contributed by atoms with van der Waals surface area (Å²) in [6.07, 6.45) is 13.5. The third kappa shape index (κ3) is 2.96. The first kappa shape index (κ1) is 14.9. The molecule has 6 nitrogen and oxygen atoms in total. The van der Waals surface area contributed by atoms with Crippen LogP contribution in [-0.2, 0) is 6.42 Å². The molecule has 0 saturated carbocycles. The summed E-state index contributed by atoms with van der Waals surface area (Å²) < 4.78 is 2.04. The highest BCUT2D eigenvalue weighted by Crippen LogP contribution is 2.21. The number of nitrogens with one attached hydrogen (secondary N) is 1. The minimum atomic E-state index is 0.731. The van der Waals surface area contributed by atoms with Crippen molar-refractivity contribution < 1.29 is 0 Å². The number of nitrogens with zero attached hydrogens (tertiary/aromatic N) is 5. The average molecular weight is 306 g/mol. The van der Waals surface area contributed by atoms with Crippen molar-refractivity contribution in [2.45, 2.75) is 20.3 Å². The molecule has 4 aromatic heterocycles. The molecular weight excluding hydrogens is 288 g/mol. The first-order valence-electron chi connectivity index (χ1n) is 7.61. The lowest BCUT2D eigenvalue weighted by atomic mass is 10.1. The Morgan fingerprint density at radius 1 is 1.04 bits per heavy atom. The number of pyridine rings is 1. The molecule has 0 radical (unpaired) electrons. The van der Waals surface area contributed by atoms with Gasteiger partial charge in [0.25, 0.3) is 0 Å². The van der Waals surface area contributed by atoms with E-state index < -0.39 is 0 Å². The van der Waals surface area contributed by atoms with Crippen molar-refractivity contribution in [3.8, 4) is 11.3 Å². The van der Waals surface area contributed by atoms with Crippen LogP contribution in [0.4, 0.5) is 0 Å². The highest BCUT2D eigenvalue weighted by molar-refractivity contribution is 5.63. The number of hydrogen-bond donors (Lipinski definition) is 1. The number of aromatic amines is 1. The first-order valence-corrected chi connectivity index (χ1v) is 7.61. The van der Waals surface area contributed by atoms with Crippen LogP contribution in [0, 0.1) is 0 Å². The Kier molecular flexibility index (Phi) is 4.42. The van der Waals surface area contributed by atoms with E-state index >= 15 is 0 Å². The van der Waals surface area contributed by atoms with Gasteiger partial charge in [0.2, 0.25) is 0 Å². The highest BCUT2D eigenvalue weighted by atomic mass is 15.1. The van der Waals surface area contributed by atoms with Gasteiger partial charge in [-0.25, -0.2) is 4.98 Å². The van der Waals surface area contributed by atoms with E-state index in [-0.39, 0.29) is 0 Å². The Labute approximate surface area is 134 Å². The summed E-state index contributed by atoms with van der Waals surface area (Å²) in [5.41, 5.74) is 4.98. The molecular formula is C17H18N6. The smallest absolute Gasteiger partial charge is 0.159 e. The lowest BCUT2D eigenvalue weighted by Gasteiger charge is -2.04. The summed E-state index contributed by atoms with van der Waals surface area (Å²) in [4.78, 5) is 13.0. The predicted molar refractivity (Wildman–Crippen MR) is 89.0 cm³/mol. The number of hydrogen-bond acceptors (Lipinski definition) is 4. The van der Waals surface area contributed by atoms with Gasteiger partial charge in [-0.2, -0.15) is 5.10 Å².